The van der Waals surface area contributed by atoms with Crippen molar-refractivity contribution in [3.05, 3.63) is 83.9 Å². The number of carbonyl (C=O) groups is 1. The fraction of sp³-hybridized carbons (Fsp3) is 0.269. The van der Waals surface area contributed by atoms with Gasteiger partial charge < -0.3 is 9.47 Å². The fourth-order valence-electron chi connectivity index (χ4n) is 3.35. The number of carbonyl (C=O) groups excluding carboxylic acids is 1. The summed E-state index contributed by atoms with van der Waals surface area (Å²) in [5.74, 6) is -0.280. The van der Waals surface area contributed by atoms with Gasteiger partial charge >= 0.3 is 12.5 Å². The summed E-state index contributed by atoms with van der Waals surface area (Å²) in [6.07, 6.45) is -5.22. The van der Waals surface area contributed by atoms with Crippen molar-refractivity contribution in [1.82, 2.24) is 0 Å². The second kappa shape index (κ2) is 9.57. The van der Waals surface area contributed by atoms with Crippen LogP contribution < -0.4 is 9.64 Å². The lowest BCUT2D eigenvalue weighted by atomic mass is 9.87. The number of ether oxygens (including phenoxy) is 2. The largest absolute Gasteiger partial charge is 0.573 e. The first-order valence-electron chi connectivity index (χ1n) is 10.4. The number of amides is 1. The van der Waals surface area contributed by atoms with Gasteiger partial charge in [-0.05, 0) is 51.9 Å². The predicted molar refractivity (Wildman–Crippen MR) is 122 cm³/mol. The molecule has 0 aliphatic heterocycles. The van der Waals surface area contributed by atoms with E-state index in [9.17, 15) is 18.0 Å². The summed E-state index contributed by atoms with van der Waals surface area (Å²) in [6.45, 7) is 6.75. The van der Waals surface area contributed by atoms with Crippen molar-refractivity contribution < 1.29 is 27.4 Å². The first-order chi connectivity index (χ1) is 15.5. The molecule has 174 valence electrons. The Labute approximate surface area is 191 Å². The van der Waals surface area contributed by atoms with E-state index in [0.29, 0.717) is 12.2 Å². The lowest BCUT2D eigenvalue weighted by Crippen LogP contribution is -2.30. The summed E-state index contributed by atoms with van der Waals surface area (Å²) in [7, 11) is 1.33. The first-order valence-corrected chi connectivity index (χ1v) is 10.4. The number of hydrogen-bond acceptors (Lipinski definition) is 3. The van der Waals surface area contributed by atoms with Crippen molar-refractivity contribution in [2.24, 2.45) is 0 Å². The van der Waals surface area contributed by atoms with Gasteiger partial charge in [0.15, 0.2) is 0 Å². The van der Waals surface area contributed by atoms with E-state index in [2.05, 4.69) is 37.6 Å². The Bertz CT molecular complexity index is 1070. The van der Waals surface area contributed by atoms with Crippen LogP contribution in [-0.2, 0) is 16.7 Å². The van der Waals surface area contributed by atoms with Gasteiger partial charge in [-0.15, -0.1) is 13.2 Å². The lowest BCUT2D eigenvalue weighted by molar-refractivity contribution is -0.274. The number of halogens is 3. The number of hydrogen-bond donors (Lipinski definition) is 0. The van der Waals surface area contributed by atoms with Crippen molar-refractivity contribution in [1.29, 1.82) is 0 Å². The monoisotopic (exact) mass is 457 g/mol. The van der Waals surface area contributed by atoms with Gasteiger partial charge in [0, 0.05) is 5.69 Å². The van der Waals surface area contributed by atoms with E-state index in [1.807, 2.05) is 12.1 Å². The zero-order chi connectivity index (χ0) is 24.2. The Morgan fingerprint density at radius 3 is 1.79 bits per heavy atom. The van der Waals surface area contributed by atoms with E-state index in [1.165, 1.54) is 29.7 Å². The van der Waals surface area contributed by atoms with Gasteiger partial charge in [0.25, 0.3) is 0 Å². The predicted octanol–water partition coefficient (Wildman–Crippen LogP) is 7.32. The van der Waals surface area contributed by atoms with Crippen molar-refractivity contribution in [2.45, 2.75) is 39.1 Å². The topological polar surface area (TPSA) is 38.8 Å². The normalized spacial score (nSPS) is 11.7. The quantitative estimate of drug-likeness (QED) is 0.403. The molecule has 7 heteroatoms. The molecular formula is C26H26F3NO3. The van der Waals surface area contributed by atoms with Crippen LogP contribution in [0.4, 0.5) is 23.7 Å². The highest BCUT2D eigenvalue weighted by Crippen LogP contribution is 2.29. The SMILES string of the molecule is COC(=O)N(Cc1ccc(C(C)(C)C)cc1)c1ccc(-c2ccc(OC(F)(F)F)cc2)cc1. The summed E-state index contributed by atoms with van der Waals surface area (Å²) in [5.41, 5.74) is 4.34. The Hall–Kier alpha value is -3.48. The molecule has 0 aliphatic rings. The van der Waals surface area contributed by atoms with Gasteiger partial charge in [0.05, 0.1) is 13.7 Å². The Morgan fingerprint density at radius 1 is 0.818 bits per heavy atom. The van der Waals surface area contributed by atoms with Crippen molar-refractivity contribution in [3.63, 3.8) is 0 Å². The van der Waals surface area contributed by atoms with Crippen LogP contribution in [0.3, 0.4) is 0 Å². The number of alkyl halides is 3. The maximum Gasteiger partial charge on any atom is 0.573 e. The molecule has 33 heavy (non-hydrogen) atoms. The molecule has 3 rings (SSSR count). The summed E-state index contributed by atoms with van der Waals surface area (Å²) in [5, 5.41) is 0. The molecule has 0 spiro atoms. The second-order valence-electron chi connectivity index (χ2n) is 8.62. The summed E-state index contributed by atoms with van der Waals surface area (Å²) >= 11 is 0. The van der Waals surface area contributed by atoms with Crippen LogP contribution in [0.15, 0.2) is 72.8 Å². The molecule has 0 bridgehead atoms. The molecular weight excluding hydrogens is 431 g/mol. The lowest BCUT2D eigenvalue weighted by Gasteiger charge is -2.23. The summed E-state index contributed by atoms with van der Waals surface area (Å²) < 4.78 is 45.9. The van der Waals surface area contributed by atoms with Crippen LogP contribution in [0.1, 0.15) is 31.9 Å². The van der Waals surface area contributed by atoms with E-state index >= 15 is 0 Å². The van der Waals surface area contributed by atoms with Gasteiger partial charge in [0.2, 0.25) is 0 Å². The Balaban J connectivity index is 1.78. The molecule has 0 fully saturated rings. The number of methoxy groups -OCH3 is 1. The highest BCUT2D eigenvalue weighted by molar-refractivity contribution is 5.88. The van der Waals surface area contributed by atoms with Crippen molar-refractivity contribution in [3.8, 4) is 16.9 Å². The van der Waals surface area contributed by atoms with Gasteiger partial charge in [-0.25, -0.2) is 4.79 Å². The van der Waals surface area contributed by atoms with E-state index in [-0.39, 0.29) is 11.2 Å². The maximum absolute atomic E-state index is 12.4. The molecule has 3 aromatic carbocycles. The highest BCUT2D eigenvalue weighted by Gasteiger charge is 2.31. The molecule has 0 saturated carbocycles. The van der Waals surface area contributed by atoms with Crippen LogP contribution in [0, 0.1) is 0 Å². The van der Waals surface area contributed by atoms with Crippen LogP contribution in [0.5, 0.6) is 5.75 Å². The van der Waals surface area contributed by atoms with Gasteiger partial charge in [-0.2, -0.15) is 0 Å². The average Bonchev–Trinajstić information content (AvgIpc) is 2.76. The molecule has 0 saturated heterocycles. The standard InChI is InChI=1S/C26H26F3NO3/c1-25(2,3)21-11-5-18(6-12-21)17-30(24(31)32-4)22-13-7-19(8-14-22)20-9-15-23(16-10-20)33-26(27,28)29/h5-16H,17H2,1-4H3. The van der Waals surface area contributed by atoms with Crippen molar-refractivity contribution >= 4 is 11.8 Å². The molecule has 0 unspecified atom stereocenters. The molecule has 0 N–H and O–H groups in total. The molecule has 0 aromatic heterocycles. The molecule has 3 aromatic rings. The van der Waals surface area contributed by atoms with E-state index in [0.717, 1.165) is 16.7 Å². The minimum absolute atomic E-state index is 0.0352. The zero-order valence-electron chi connectivity index (χ0n) is 18.9. The minimum Gasteiger partial charge on any atom is -0.452 e. The van der Waals surface area contributed by atoms with Crippen LogP contribution in [0.2, 0.25) is 0 Å². The highest BCUT2D eigenvalue weighted by atomic mass is 19.4. The second-order valence-corrected chi connectivity index (χ2v) is 8.62. The maximum atomic E-state index is 12.4. The summed E-state index contributed by atoms with van der Waals surface area (Å²) in [4.78, 5) is 14.0. The van der Waals surface area contributed by atoms with E-state index < -0.39 is 12.5 Å². The molecule has 4 nitrogen and oxygen atoms in total. The van der Waals surface area contributed by atoms with Gasteiger partial charge in [-0.3, -0.25) is 4.90 Å². The average molecular weight is 457 g/mol. The summed E-state index contributed by atoms with van der Waals surface area (Å²) in [6, 6.07) is 20.9. The molecule has 1 amide bonds. The third kappa shape index (κ3) is 6.51. The van der Waals surface area contributed by atoms with E-state index in [4.69, 9.17) is 4.74 Å². The Kier molecular flexibility index (Phi) is 7.01. The van der Waals surface area contributed by atoms with Crippen LogP contribution in [-0.4, -0.2) is 19.6 Å². The van der Waals surface area contributed by atoms with Crippen LogP contribution in [0.25, 0.3) is 11.1 Å². The van der Waals surface area contributed by atoms with Crippen molar-refractivity contribution in [2.75, 3.05) is 12.0 Å². The van der Waals surface area contributed by atoms with Gasteiger partial charge in [-0.1, -0.05) is 69.3 Å². The third-order valence-electron chi connectivity index (χ3n) is 5.16. The first kappa shape index (κ1) is 24.2. The number of anilines is 1. The van der Waals surface area contributed by atoms with Crippen LogP contribution >= 0.6 is 0 Å². The molecule has 0 atom stereocenters. The molecule has 0 heterocycles. The zero-order valence-corrected chi connectivity index (χ0v) is 18.9. The fourth-order valence-corrected chi connectivity index (χ4v) is 3.35. The molecule has 0 aliphatic carbocycles. The minimum atomic E-state index is -4.73. The molecule has 0 radical (unpaired) electrons. The number of benzene rings is 3. The smallest absolute Gasteiger partial charge is 0.452 e. The number of nitrogens with zero attached hydrogens (tertiary/aromatic N) is 1. The van der Waals surface area contributed by atoms with Gasteiger partial charge in [0.1, 0.15) is 5.75 Å². The number of rotatable bonds is 5. The third-order valence-corrected chi connectivity index (χ3v) is 5.16. The Morgan fingerprint density at radius 2 is 1.33 bits per heavy atom. The van der Waals surface area contributed by atoms with E-state index in [1.54, 1.807) is 36.4 Å².